The predicted molar refractivity (Wildman–Crippen MR) is 91.4 cm³/mol. The summed E-state index contributed by atoms with van der Waals surface area (Å²) in [5.41, 5.74) is 1.93. The summed E-state index contributed by atoms with van der Waals surface area (Å²) in [5.74, 6) is 0.154. The van der Waals surface area contributed by atoms with Crippen LogP contribution in [0.25, 0.3) is 0 Å². The van der Waals surface area contributed by atoms with Gasteiger partial charge in [-0.1, -0.05) is 23.8 Å². The fourth-order valence-corrected chi connectivity index (χ4v) is 6.07. The van der Waals surface area contributed by atoms with Gasteiger partial charge in [-0.15, -0.1) is 0 Å². The number of rotatable bonds is 3. The maximum Gasteiger partial charge on any atom is 0.247 e. The average Bonchev–Trinajstić information content (AvgIpc) is 3.15. The van der Waals surface area contributed by atoms with Gasteiger partial charge in [0.05, 0.1) is 4.90 Å². The van der Waals surface area contributed by atoms with E-state index in [0.29, 0.717) is 4.90 Å². The molecule has 0 saturated carbocycles. The van der Waals surface area contributed by atoms with Crippen molar-refractivity contribution in [2.75, 3.05) is 0 Å². The van der Waals surface area contributed by atoms with Gasteiger partial charge in [0.1, 0.15) is 0 Å². The van der Waals surface area contributed by atoms with E-state index >= 15 is 0 Å². The highest BCUT2D eigenvalue weighted by atomic mass is 32.2. The SMILES string of the molecule is Cc1ccc(S(=O)(=O)N2[C@H]3CC[C@@H]2[C@@H](c2ccc(=O)[nH]c2)C3)cc1. The van der Waals surface area contributed by atoms with E-state index in [1.54, 1.807) is 22.6 Å². The first kappa shape index (κ1) is 15.6. The molecular weight excluding hydrogens is 324 g/mol. The first-order valence-electron chi connectivity index (χ1n) is 8.25. The lowest BCUT2D eigenvalue weighted by molar-refractivity contribution is 0.388. The van der Waals surface area contributed by atoms with Crippen molar-refractivity contribution >= 4 is 10.0 Å². The number of pyridine rings is 1. The van der Waals surface area contributed by atoms with Crippen LogP contribution in [-0.4, -0.2) is 29.8 Å². The topological polar surface area (TPSA) is 70.2 Å². The van der Waals surface area contributed by atoms with Gasteiger partial charge in [0.25, 0.3) is 0 Å². The minimum Gasteiger partial charge on any atom is -0.329 e. The van der Waals surface area contributed by atoms with Gasteiger partial charge in [-0.25, -0.2) is 8.42 Å². The van der Waals surface area contributed by atoms with Crippen molar-refractivity contribution in [2.45, 2.75) is 49.1 Å². The second-order valence-corrected chi connectivity index (χ2v) is 8.62. The van der Waals surface area contributed by atoms with Crippen molar-refractivity contribution < 1.29 is 8.42 Å². The molecule has 3 heterocycles. The molecule has 2 aliphatic rings. The van der Waals surface area contributed by atoms with E-state index in [2.05, 4.69) is 4.98 Å². The lowest BCUT2D eigenvalue weighted by Crippen LogP contribution is -2.36. The molecule has 5 nitrogen and oxygen atoms in total. The van der Waals surface area contributed by atoms with Gasteiger partial charge in [0, 0.05) is 30.3 Å². The monoisotopic (exact) mass is 344 g/mol. The molecule has 126 valence electrons. The number of benzene rings is 1. The molecule has 0 amide bonds. The van der Waals surface area contributed by atoms with E-state index in [-0.39, 0.29) is 23.6 Å². The number of aromatic amines is 1. The van der Waals surface area contributed by atoms with Crippen LogP contribution in [0.3, 0.4) is 0 Å². The Morgan fingerprint density at radius 3 is 2.50 bits per heavy atom. The summed E-state index contributed by atoms with van der Waals surface area (Å²) in [7, 11) is -3.48. The molecule has 2 fully saturated rings. The number of sulfonamides is 1. The molecule has 0 spiro atoms. The minimum atomic E-state index is -3.48. The van der Waals surface area contributed by atoms with Crippen molar-refractivity contribution in [3.8, 4) is 0 Å². The zero-order chi connectivity index (χ0) is 16.9. The first-order valence-corrected chi connectivity index (χ1v) is 9.70. The number of H-pyrrole nitrogens is 1. The van der Waals surface area contributed by atoms with Crippen LogP contribution in [-0.2, 0) is 10.0 Å². The van der Waals surface area contributed by atoms with Crippen LogP contribution in [0.2, 0.25) is 0 Å². The maximum atomic E-state index is 13.1. The summed E-state index contributed by atoms with van der Waals surface area (Å²) in [4.78, 5) is 14.3. The second kappa shape index (κ2) is 5.57. The molecule has 2 bridgehead atoms. The van der Waals surface area contributed by atoms with Crippen molar-refractivity contribution in [2.24, 2.45) is 0 Å². The van der Waals surface area contributed by atoms with Gasteiger partial charge in [-0.3, -0.25) is 4.79 Å². The van der Waals surface area contributed by atoms with Gasteiger partial charge < -0.3 is 4.98 Å². The lowest BCUT2D eigenvalue weighted by Gasteiger charge is -2.24. The number of fused-ring (bicyclic) bond motifs is 2. The predicted octanol–water partition coefficient (Wildman–Crippen LogP) is 2.39. The summed E-state index contributed by atoms with van der Waals surface area (Å²) < 4.78 is 27.9. The van der Waals surface area contributed by atoms with E-state index in [1.807, 2.05) is 25.1 Å². The summed E-state index contributed by atoms with van der Waals surface area (Å²) in [6, 6.07) is 10.4. The van der Waals surface area contributed by atoms with Crippen molar-refractivity contribution in [1.82, 2.24) is 9.29 Å². The molecule has 3 atom stereocenters. The number of hydrogen-bond donors (Lipinski definition) is 1. The molecule has 4 rings (SSSR count). The summed E-state index contributed by atoms with van der Waals surface area (Å²) in [6.07, 6.45) is 4.33. The Morgan fingerprint density at radius 1 is 1.08 bits per heavy atom. The molecule has 0 radical (unpaired) electrons. The Hall–Kier alpha value is -1.92. The third-order valence-corrected chi connectivity index (χ3v) is 7.30. The fourth-order valence-electron chi connectivity index (χ4n) is 4.16. The third kappa shape index (κ3) is 2.41. The molecule has 1 N–H and O–H groups in total. The lowest BCUT2D eigenvalue weighted by atomic mass is 9.85. The molecule has 1 aromatic heterocycles. The molecule has 2 aliphatic heterocycles. The van der Waals surface area contributed by atoms with Gasteiger partial charge in [0.2, 0.25) is 15.6 Å². The Morgan fingerprint density at radius 2 is 1.83 bits per heavy atom. The van der Waals surface area contributed by atoms with E-state index in [4.69, 9.17) is 0 Å². The smallest absolute Gasteiger partial charge is 0.247 e. The molecule has 0 unspecified atom stereocenters. The van der Waals surface area contributed by atoms with Gasteiger partial charge >= 0.3 is 0 Å². The van der Waals surface area contributed by atoms with Gasteiger partial charge in [-0.05, 0) is 43.9 Å². The molecule has 0 aliphatic carbocycles. The second-order valence-electron chi connectivity index (χ2n) is 6.77. The highest BCUT2D eigenvalue weighted by Gasteiger charge is 2.52. The normalized spacial score (nSPS) is 26.8. The van der Waals surface area contributed by atoms with Crippen molar-refractivity contribution in [1.29, 1.82) is 0 Å². The largest absolute Gasteiger partial charge is 0.329 e. The van der Waals surface area contributed by atoms with Gasteiger partial charge in [0.15, 0.2) is 0 Å². The maximum absolute atomic E-state index is 13.1. The Labute approximate surface area is 141 Å². The van der Waals surface area contributed by atoms with Crippen LogP contribution in [0, 0.1) is 6.92 Å². The zero-order valence-corrected chi connectivity index (χ0v) is 14.3. The summed E-state index contributed by atoms with van der Waals surface area (Å²) in [6.45, 7) is 1.95. The average molecular weight is 344 g/mol. The molecule has 1 aromatic carbocycles. The van der Waals surface area contributed by atoms with E-state index < -0.39 is 10.0 Å². The van der Waals surface area contributed by atoms with Crippen molar-refractivity contribution in [3.05, 3.63) is 64.1 Å². The quantitative estimate of drug-likeness (QED) is 0.929. The van der Waals surface area contributed by atoms with Crippen LogP contribution in [0.15, 0.2) is 52.3 Å². The molecule has 2 saturated heterocycles. The first-order chi connectivity index (χ1) is 11.5. The number of hydrogen-bond acceptors (Lipinski definition) is 3. The molecule has 2 aromatic rings. The fraction of sp³-hybridized carbons (Fsp3) is 0.389. The van der Waals surface area contributed by atoms with Crippen LogP contribution in [0.5, 0.6) is 0 Å². The Bertz CT molecular complexity index is 898. The van der Waals surface area contributed by atoms with Gasteiger partial charge in [-0.2, -0.15) is 4.31 Å². The number of aromatic nitrogens is 1. The molecule has 6 heteroatoms. The highest BCUT2D eigenvalue weighted by molar-refractivity contribution is 7.89. The standard InChI is InChI=1S/C18H20N2O3S/c1-12-2-6-15(7-3-12)24(22,23)20-14-5-8-17(20)16(10-14)13-4-9-18(21)19-11-13/h2-4,6-7,9,11,14,16-17H,5,8,10H2,1H3,(H,19,21)/t14-,16+,17+/m0/s1. The third-order valence-electron chi connectivity index (χ3n) is 5.31. The van der Waals surface area contributed by atoms with Crippen LogP contribution in [0.4, 0.5) is 0 Å². The zero-order valence-electron chi connectivity index (χ0n) is 13.5. The minimum absolute atomic E-state index is 0.0211. The number of nitrogens with one attached hydrogen (secondary N) is 1. The molecule has 24 heavy (non-hydrogen) atoms. The van der Waals surface area contributed by atoms with Crippen LogP contribution >= 0.6 is 0 Å². The van der Waals surface area contributed by atoms with Crippen LogP contribution in [0.1, 0.15) is 36.3 Å². The Kier molecular flexibility index (Phi) is 3.62. The van der Waals surface area contributed by atoms with E-state index in [9.17, 15) is 13.2 Å². The summed E-state index contributed by atoms with van der Waals surface area (Å²) >= 11 is 0. The van der Waals surface area contributed by atoms with Crippen LogP contribution < -0.4 is 5.56 Å². The van der Waals surface area contributed by atoms with E-state index in [0.717, 1.165) is 30.4 Å². The molecular formula is C18H20N2O3S. The van der Waals surface area contributed by atoms with Crippen molar-refractivity contribution in [3.63, 3.8) is 0 Å². The highest BCUT2D eigenvalue weighted by Crippen LogP contribution is 2.49. The van der Waals surface area contributed by atoms with E-state index in [1.165, 1.54) is 6.07 Å². The number of aryl methyl sites for hydroxylation is 1. The summed E-state index contributed by atoms with van der Waals surface area (Å²) in [5, 5.41) is 0. The Balaban J connectivity index is 1.68. The number of nitrogens with zero attached hydrogens (tertiary/aromatic N) is 1.